The average Bonchev–Trinajstić information content (AvgIpc) is 3.84. The number of hydrogen-bond acceptors (Lipinski definition) is 9. The maximum absolute atomic E-state index is 11.0. The number of esters is 2. The summed E-state index contributed by atoms with van der Waals surface area (Å²) in [5.74, 6) is 3.70. The van der Waals surface area contributed by atoms with Gasteiger partial charge >= 0.3 is 11.9 Å². The van der Waals surface area contributed by atoms with Crippen LogP contribution in [0.1, 0.15) is 132 Å². The smallest absolute Gasteiger partial charge is 0.303 e. The van der Waals surface area contributed by atoms with Gasteiger partial charge in [0, 0.05) is 64.7 Å². The Bertz CT molecular complexity index is 1130. The topological polar surface area (TPSA) is 138 Å². The molecule has 0 spiro atoms. The van der Waals surface area contributed by atoms with Gasteiger partial charge in [-0.1, -0.05) is 53.5 Å². The predicted molar refractivity (Wildman–Crippen MR) is 180 cm³/mol. The van der Waals surface area contributed by atoms with E-state index in [2.05, 4.69) is 27.7 Å². The number of Topliss-reactive ketones (excluding diaryl/α,β-unsaturated/α-hetero) is 3. The Hall–Kier alpha value is -3.23. The molecule has 264 valence electrons. The quantitative estimate of drug-likeness (QED) is 0.274. The lowest BCUT2D eigenvalue weighted by Gasteiger charge is -2.16. The summed E-state index contributed by atoms with van der Waals surface area (Å²) in [6.45, 7) is 13.3. The number of carbonyl (C=O) groups excluding carboxylic acids is 7. The highest BCUT2D eigenvalue weighted by atomic mass is 16.5. The highest BCUT2D eigenvalue weighted by Crippen LogP contribution is 2.31. The van der Waals surface area contributed by atoms with E-state index in [4.69, 9.17) is 9.47 Å². The fourth-order valence-corrected chi connectivity index (χ4v) is 6.31. The molecule has 0 radical (unpaired) electrons. The van der Waals surface area contributed by atoms with Crippen molar-refractivity contribution < 1.29 is 43.0 Å². The summed E-state index contributed by atoms with van der Waals surface area (Å²) in [7, 11) is 0. The van der Waals surface area contributed by atoms with Gasteiger partial charge in [-0.25, -0.2) is 0 Å². The lowest BCUT2D eigenvalue weighted by molar-refractivity contribution is -0.148. The van der Waals surface area contributed by atoms with Crippen LogP contribution in [-0.4, -0.2) is 53.1 Å². The number of ketones is 5. The minimum Gasteiger partial charge on any atom is -0.462 e. The van der Waals surface area contributed by atoms with Crippen molar-refractivity contribution in [1.82, 2.24) is 0 Å². The Morgan fingerprint density at radius 2 is 1.21 bits per heavy atom. The first kappa shape index (κ1) is 41.8. The van der Waals surface area contributed by atoms with E-state index in [-0.39, 0.29) is 47.4 Å². The van der Waals surface area contributed by atoms with Gasteiger partial charge < -0.3 is 9.47 Å². The zero-order valence-corrected chi connectivity index (χ0v) is 29.7. The fraction of sp³-hybridized carbons (Fsp3) is 0.711. The number of rotatable bonds is 6. The van der Waals surface area contributed by atoms with E-state index in [9.17, 15) is 33.6 Å². The standard InChI is InChI=1S/C9H14O3.C8H14O.C7H8O3.C7H12O.C7H10O/c1-3-7-4-8(11)5-9(7)12-6(2)10;1-3-7-5-8(9)4-6(7)2;1-5(8)10-7-3-2-6(9)4-7;2*1-2-6-3-4-7(8)5-6/h7,9H,3-5H2,1-2H3;6-7H,3-5H2,1-2H3;2-3,7H,4H2,1H3;6H,2-5H2,1H3;3-4,6H,2,5H2,1H3/t7-,9-;6-,7-;7-;2*6-/m11000/s1. The van der Waals surface area contributed by atoms with E-state index < -0.39 is 0 Å². The summed E-state index contributed by atoms with van der Waals surface area (Å²) < 4.78 is 9.76. The molecule has 5 rings (SSSR count). The molecule has 0 aromatic heterocycles. The molecule has 0 aliphatic heterocycles. The summed E-state index contributed by atoms with van der Waals surface area (Å²) in [6.07, 6.45) is 17.2. The van der Waals surface area contributed by atoms with Gasteiger partial charge in [-0.05, 0) is 61.2 Å². The molecular weight excluding hydrogens is 600 g/mol. The third-order valence-corrected chi connectivity index (χ3v) is 9.34. The molecular formula is C38H58O9. The lowest BCUT2D eigenvalue weighted by Crippen LogP contribution is -2.20. The van der Waals surface area contributed by atoms with Crippen LogP contribution in [-0.2, 0) is 43.0 Å². The van der Waals surface area contributed by atoms with E-state index in [1.165, 1.54) is 32.8 Å². The first-order valence-corrected chi connectivity index (χ1v) is 17.5. The number of carbonyl (C=O) groups is 7. The van der Waals surface area contributed by atoms with Crippen molar-refractivity contribution in [2.45, 2.75) is 144 Å². The summed E-state index contributed by atoms with van der Waals surface area (Å²) in [5.41, 5.74) is 0. The van der Waals surface area contributed by atoms with Gasteiger partial charge in [-0.3, -0.25) is 33.6 Å². The minimum atomic E-state index is -0.343. The Balaban J connectivity index is 0.000000296. The molecule has 3 saturated carbocycles. The molecule has 9 nitrogen and oxygen atoms in total. The molecule has 0 saturated heterocycles. The molecule has 7 atom stereocenters. The fourth-order valence-electron chi connectivity index (χ4n) is 6.31. The van der Waals surface area contributed by atoms with Crippen molar-refractivity contribution >= 4 is 40.9 Å². The van der Waals surface area contributed by atoms with E-state index in [1.807, 2.05) is 13.0 Å². The summed E-state index contributed by atoms with van der Waals surface area (Å²) in [5, 5.41) is 0. The largest absolute Gasteiger partial charge is 0.462 e. The Kier molecular flexibility index (Phi) is 19.9. The summed E-state index contributed by atoms with van der Waals surface area (Å²) in [6, 6.07) is 0. The van der Waals surface area contributed by atoms with Gasteiger partial charge in [0.25, 0.3) is 0 Å². The maximum atomic E-state index is 11.0. The van der Waals surface area contributed by atoms with E-state index >= 15 is 0 Å². The Morgan fingerprint density at radius 1 is 0.638 bits per heavy atom. The predicted octanol–water partition coefficient (Wildman–Crippen LogP) is 7.07. The second-order valence-electron chi connectivity index (χ2n) is 13.3. The second kappa shape index (κ2) is 22.4. The zero-order chi connectivity index (χ0) is 35.5. The van der Waals surface area contributed by atoms with Crippen LogP contribution in [0, 0.1) is 29.6 Å². The molecule has 47 heavy (non-hydrogen) atoms. The second-order valence-corrected chi connectivity index (χ2v) is 13.3. The highest BCUT2D eigenvalue weighted by Gasteiger charge is 2.33. The van der Waals surface area contributed by atoms with Crippen molar-refractivity contribution in [3.8, 4) is 0 Å². The van der Waals surface area contributed by atoms with Crippen molar-refractivity contribution in [1.29, 1.82) is 0 Å². The van der Waals surface area contributed by atoms with Crippen molar-refractivity contribution in [2.24, 2.45) is 29.6 Å². The third-order valence-electron chi connectivity index (χ3n) is 9.34. The van der Waals surface area contributed by atoms with Gasteiger partial charge in [0.15, 0.2) is 11.6 Å². The molecule has 0 aromatic rings. The molecule has 0 N–H and O–H groups in total. The van der Waals surface area contributed by atoms with Crippen LogP contribution in [0.4, 0.5) is 0 Å². The summed E-state index contributed by atoms with van der Waals surface area (Å²) >= 11 is 0. The number of allylic oxidation sites excluding steroid dienone is 3. The van der Waals surface area contributed by atoms with E-state index in [0.29, 0.717) is 48.6 Å². The van der Waals surface area contributed by atoms with Crippen molar-refractivity contribution in [3.63, 3.8) is 0 Å². The van der Waals surface area contributed by atoms with Gasteiger partial charge in [-0.2, -0.15) is 0 Å². The molecule has 0 unspecified atom stereocenters. The highest BCUT2D eigenvalue weighted by molar-refractivity contribution is 5.93. The Labute approximate surface area is 281 Å². The number of hydrogen-bond donors (Lipinski definition) is 0. The van der Waals surface area contributed by atoms with Crippen LogP contribution in [0.15, 0.2) is 24.3 Å². The van der Waals surface area contributed by atoms with Gasteiger partial charge in [0.05, 0.1) is 6.42 Å². The number of ether oxygens (including phenoxy) is 2. The van der Waals surface area contributed by atoms with Gasteiger partial charge in [-0.15, -0.1) is 0 Å². The van der Waals surface area contributed by atoms with Crippen LogP contribution in [0.2, 0.25) is 0 Å². The SMILES string of the molecule is CC(=O)O[C@H]1C=CC(=O)C1.CC[C@@H]1CC(=O)C[C@H]1C.CC[C@@H]1CC(=O)C[C@H]1OC(C)=O.CC[C@H]1C=CC(=O)C1.CC[C@H]1CCC(=O)C1. The maximum Gasteiger partial charge on any atom is 0.303 e. The molecule has 9 heteroatoms. The average molecular weight is 659 g/mol. The van der Waals surface area contributed by atoms with Gasteiger partial charge in [0.1, 0.15) is 29.6 Å². The molecule has 0 heterocycles. The first-order chi connectivity index (χ1) is 22.2. The molecule has 5 aliphatic carbocycles. The van der Waals surface area contributed by atoms with Crippen molar-refractivity contribution in [3.05, 3.63) is 24.3 Å². The van der Waals surface area contributed by atoms with Crippen LogP contribution in [0.5, 0.6) is 0 Å². The van der Waals surface area contributed by atoms with Crippen molar-refractivity contribution in [2.75, 3.05) is 0 Å². The summed E-state index contributed by atoms with van der Waals surface area (Å²) in [4.78, 5) is 74.5. The molecule has 3 fully saturated rings. The molecule has 5 aliphatic rings. The molecule has 0 aromatic carbocycles. The van der Waals surface area contributed by atoms with E-state index in [1.54, 1.807) is 12.2 Å². The van der Waals surface area contributed by atoms with E-state index in [0.717, 1.165) is 57.3 Å². The zero-order valence-electron chi connectivity index (χ0n) is 29.7. The van der Waals surface area contributed by atoms with Crippen LogP contribution in [0.3, 0.4) is 0 Å². The van der Waals surface area contributed by atoms with Gasteiger partial charge in [0.2, 0.25) is 0 Å². The first-order valence-electron chi connectivity index (χ1n) is 17.5. The normalized spacial score (nSPS) is 28.7. The van der Waals surface area contributed by atoms with Crippen LogP contribution >= 0.6 is 0 Å². The monoisotopic (exact) mass is 658 g/mol. The lowest BCUT2D eigenvalue weighted by atomic mass is 9.96. The third kappa shape index (κ3) is 17.5. The minimum absolute atomic E-state index is 0.0197. The van der Waals surface area contributed by atoms with Crippen LogP contribution < -0.4 is 0 Å². The molecule has 0 amide bonds. The Morgan fingerprint density at radius 3 is 1.55 bits per heavy atom. The van der Waals surface area contributed by atoms with Crippen LogP contribution in [0.25, 0.3) is 0 Å². The molecule has 0 bridgehead atoms.